The second kappa shape index (κ2) is 4.41. The number of carboxylic acid groups (broad SMARTS) is 1. The van der Waals surface area contributed by atoms with Crippen molar-refractivity contribution in [1.29, 1.82) is 0 Å². The molecule has 0 aromatic carbocycles. The van der Waals surface area contributed by atoms with Crippen LogP contribution >= 0.6 is 0 Å². The number of hydrogen-bond acceptors (Lipinski definition) is 3. The Morgan fingerprint density at radius 2 is 2.12 bits per heavy atom. The Kier molecular flexibility index (Phi) is 3.14. The number of carboxylic acids is 1. The standard InChI is InChI=1S/C11H17NO4/c1-7-8(4-6-16-7)10(13)12-5-2-3-9(12)11(14)15/h7-9H,2-6H2,1H3,(H,14,15)/t7?,8?,9-/m1/s1. The van der Waals surface area contributed by atoms with E-state index in [4.69, 9.17) is 9.84 Å². The Hall–Kier alpha value is -1.10. The molecule has 5 heteroatoms. The lowest BCUT2D eigenvalue weighted by atomic mass is 10.0. The van der Waals surface area contributed by atoms with Crippen LogP contribution in [-0.4, -0.2) is 47.2 Å². The molecule has 16 heavy (non-hydrogen) atoms. The summed E-state index contributed by atoms with van der Waals surface area (Å²) in [6.07, 6.45) is 1.99. The van der Waals surface area contributed by atoms with E-state index in [0.29, 0.717) is 26.0 Å². The number of hydrogen-bond donors (Lipinski definition) is 1. The summed E-state index contributed by atoms with van der Waals surface area (Å²) in [4.78, 5) is 24.7. The molecule has 3 atom stereocenters. The van der Waals surface area contributed by atoms with Crippen molar-refractivity contribution in [2.24, 2.45) is 5.92 Å². The Bertz CT molecular complexity index is 304. The molecule has 2 rings (SSSR count). The minimum absolute atomic E-state index is 0.0464. The number of aliphatic carboxylic acids is 1. The average molecular weight is 227 g/mol. The monoisotopic (exact) mass is 227 g/mol. The largest absolute Gasteiger partial charge is 0.480 e. The summed E-state index contributed by atoms with van der Waals surface area (Å²) in [5.41, 5.74) is 0. The summed E-state index contributed by atoms with van der Waals surface area (Å²) in [5, 5.41) is 9.02. The fourth-order valence-electron chi connectivity index (χ4n) is 2.56. The third kappa shape index (κ3) is 1.91. The zero-order chi connectivity index (χ0) is 11.7. The van der Waals surface area contributed by atoms with Crippen molar-refractivity contribution in [2.75, 3.05) is 13.2 Å². The molecule has 5 nitrogen and oxygen atoms in total. The Morgan fingerprint density at radius 3 is 2.69 bits per heavy atom. The SMILES string of the molecule is CC1OCCC1C(=O)N1CCC[C@@H]1C(=O)O. The van der Waals surface area contributed by atoms with E-state index in [9.17, 15) is 9.59 Å². The van der Waals surface area contributed by atoms with Gasteiger partial charge in [0.25, 0.3) is 0 Å². The lowest BCUT2D eigenvalue weighted by molar-refractivity contribution is -0.150. The molecular formula is C11H17NO4. The molecule has 2 heterocycles. The van der Waals surface area contributed by atoms with Crippen LogP contribution < -0.4 is 0 Å². The lowest BCUT2D eigenvalue weighted by Gasteiger charge is -2.25. The van der Waals surface area contributed by atoms with Crippen molar-refractivity contribution in [1.82, 2.24) is 4.90 Å². The van der Waals surface area contributed by atoms with Gasteiger partial charge in [-0.25, -0.2) is 4.79 Å². The van der Waals surface area contributed by atoms with Gasteiger partial charge in [-0.15, -0.1) is 0 Å². The quantitative estimate of drug-likeness (QED) is 0.745. The fourth-order valence-corrected chi connectivity index (χ4v) is 2.56. The summed E-state index contributed by atoms with van der Waals surface area (Å²) in [6, 6.07) is -0.625. The minimum atomic E-state index is -0.891. The van der Waals surface area contributed by atoms with Crippen molar-refractivity contribution in [2.45, 2.75) is 38.3 Å². The van der Waals surface area contributed by atoms with E-state index in [2.05, 4.69) is 0 Å². The number of amides is 1. The van der Waals surface area contributed by atoms with Crippen molar-refractivity contribution in [3.05, 3.63) is 0 Å². The molecule has 0 saturated carbocycles. The van der Waals surface area contributed by atoms with Crippen LogP contribution in [0.25, 0.3) is 0 Å². The molecule has 0 aromatic heterocycles. The first-order valence-corrected chi connectivity index (χ1v) is 5.76. The Morgan fingerprint density at radius 1 is 1.38 bits per heavy atom. The van der Waals surface area contributed by atoms with Crippen LogP contribution in [0.1, 0.15) is 26.2 Å². The van der Waals surface area contributed by atoms with Crippen LogP contribution in [0.15, 0.2) is 0 Å². The van der Waals surface area contributed by atoms with Gasteiger partial charge >= 0.3 is 5.97 Å². The van der Waals surface area contributed by atoms with Crippen molar-refractivity contribution >= 4 is 11.9 Å². The predicted molar refractivity (Wildman–Crippen MR) is 55.9 cm³/mol. The third-order valence-electron chi connectivity index (χ3n) is 3.51. The highest BCUT2D eigenvalue weighted by Crippen LogP contribution is 2.27. The normalized spacial score (nSPS) is 34.3. The maximum Gasteiger partial charge on any atom is 0.326 e. The zero-order valence-electron chi connectivity index (χ0n) is 9.39. The zero-order valence-corrected chi connectivity index (χ0v) is 9.39. The van der Waals surface area contributed by atoms with Crippen LogP contribution in [-0.2, 0) is 14.3 Å². The molecule has 2 fully saturated rings. The number of likely N-dealkylation sites (tertiary alicyclic amines) is 1. The van der Waals surface area contributed by atoms with Gasteiger partial charge in [-0.3, -0.25) is 4.79 Å². The van der Waals surface area contributed by atoms with E-state index in [1.165, 1.54) is 4.90 Å². The van der Waals surface area contributed by atoms with Crippen LogP contribution in [0.2, 0.25) is 0 Å². The number of carbonyl (C=O) groups is 2. The van der Waals surface area contributed by atoms with Gasteiger partial charge in [0, 0.05) is 13.2 Å². The average Bonchev–Trinajstić information content (AvgIpc) is 2.84. The van der Waals surface area contributed by atoms with Crippen molar-refractivity contribution < 1.29 is 19.4 Å². The first-order chi connectivity index (χ1) is 7.61. The van der Waals surface area contributed by atoms with Crippen LogP contribution in [0.3, 0.4) is 0 Å². The van der Waals surface area contributed by atoms with E-state index in [0.717, 1.165) is 6.42 Å². The van der Waals surface area contributed by atoms with Gasteiger partial charge in [-0.05, 0) is 26.2 Å². The van der Waals surface area contributed by atoms with Crippen molar-refractivity contribution in [3.8, 4) is 0 Å². The Labute approximate surface area is 94.4 Å². The topological polar surface area (TPSA) is 66.8 Å². The van der Waals surface area contributed by atoms with Gasteiger partial charge in [0.05, 0.1) is 12.0 Å². The molecule has 2 unspecified atom stereocenters. The van der Waals surface area contributed by atoms with E-state index < -0.39 is 12.0 Å². The molecule has 2 aliphatic heterocycles. The molecule has 1 amide bonds. The minimum Gasteiger partial charge on any atom is -0.480 e. The molecule has 2 saturated heterocycles. The first kappa shape index (κ1) is 11.4. The van der Waals surface area contributed by atoms with Crippen LogP contribution in [0.5, 0.6) is 0 Å². The van der Waals surface area contributed by atoms with E-state index in [1.54, 1.807) is 0 Å². The summed E-state index contributed by atoms with van der Waals surface area (Å²) in [7, 11) is 0. The van der Waals surface area contributed by atoms with Gasteiger partial charge < -0.3 is 14.7 Å². The third-order valence-corrected chi connectivity index (χ3v) is 3.51. The predicted octanol–water partition coefficient (Wildman–Crippen LogP) is 0.487. The Balaban J connectivity index is 2.06. The second-order valence-corrected chi connectivity index (χ2v) is 4.50. The maximum absolute atomic E-state index is 12.2. The van der Waals surface area contributed by atoms with E-state index in [1.807, 2.05) is 6.92 Å². The molecule has 0 aromatic rings. The smallest absolute Gasteiger partial charge is 0.326 e. The summed E-state index contributed by atoms with van der Waals surface area (Å²) in [5.74, 6) is -1.09. The van der Waals surface area contributed by atoms with Crippen LogP contribution in [0, 0.1) is 5.92 Å². The number of nitrogens with zero attached hydrogens (tertiary/aromatic N) is 1. The number of ether oxygens (including phenoxy) is 1. The molecule has 0 radical (unpaired) electrons. The van der Waals surface area contributed by atoms with Gasteiger partial charge in [0.2, 0.25) is 5.91 Å². The summed E-state index contributed by atoms with van der Waals surface area (Å²) in [6.45, 7) is 3.05. The van der Waals surface area contributed by atoms with Crippen LogP contribution in [0.4, 0.5) is 0 Å². The summed E-state index contributed by atoms with van der Waals surface area (Å²) >= 11 is 0. The highest BCUT2D eigenvalue weighted by Gasteiger charge is 2.40. The highest BCUT2D eigenvalue weighted by molar-refractivity contribution is 5.86. The molecule has 90 valence electrons. The van der Waals surface area contributed by atoms with Gasteiger partial charge in [-0.1, -0.05) is 0 Å². The van der Waals surface area contributed by atoms with E-state index >= 15 is 0 Å². The molecule has 1 N–H and O–H groups in total. The fraction of sp³-hybridized carbons (Fsp3) is 0.818. The molecule has 0 spiro atoms. The molecular weight excluding hydrogens is 210 g/mol. The number of rotatable bonds is 2. The summed E-state index contributed by atoms with van der Waals surface area (Å²) < 4.78 is 5.35. The van der Waals surface area contributed by atoms with Gasteiger partial charge in [0.1, 0.15) is 6.04 Å². The lowest BCUT2D eigenvalue weighted by Crippen LogP contribution is -2.44. The van der Waals surface area contributed by atoms with E-state index in [-0.39, 0.29) is 17.9 Å². The van der Waals surface area contributed by atoms with Gasteiger partial charge in [0.15, 0.2) is 0 Å². The van der Waals surface area contributed by atoms with Crippen molar-refractivity contribution in [3.63, 3.8) is 0 Å². The van der Waals surface area contributed by atoms with Gasteiger partial charge in [-0.2, -0.15) is 0 Å². The highest BCUT2D eigenvalue weighted by atomic mass is 16.5. The number of carbonyl (C=O) groups excluding carboxylic acids is 1. The molecule has 2 aliphatic rings. The maximum atomic E-state index is 12.2. The first-order valence-electron chi connectivity index (χ1n) is 5.76. The molecule has 0 bridgehead atoms. The second-order valence-electron chi connectivity index (χ2n) is 4.50. The molecule has 0 aliphatic carbocycles.